The molecule has 1 heterocycles. The predicted octanol–water partition coefficient (Wildman–Crippen LogP) is 2.23. The molecular formula is C11H19BrN2OS. The van der Waals surface area contributed by atoms with E-state index in [-0.39, 0.29) is 0 Å². The molecule has 0 amide bonds. The minimum absolute atomic E-state index is 0.787. The summed E-state index contributed by atoms with van der Waals surface area (Å²) in [6.07, 6.45) is 1.15. The summed E-state index contributed by atoms with van der Waals surface area (Å²) < 4.78 is 6.16. The minimum Gasteiger partial charge on any atom is -0.383 e. The van der Waals surface area contributed by atoms with Crippen LogP contribution in [0.5, 0.6) is 0 Å². The van der Waals surface area contributed by atoms with E-state index in [0.717, 1.165) is 39.2 Å². The third kappa shape index (κ3) is 5.96. The van der Waals surface area contributed by atoms with Crippen LogP contribution in [0.15, 0.2) is 15.9 Å². The van der Waals surface area contributed by atoms with E-state index in [0.29, 0.717) is 0 Å². The third-order valence-electron chi connectivity index (χ3n) is 2.17. The standard InChI is InChI=1S/C11H19BrN2OS/c1-15-7-6-13-4-2-5-14-9-11-10(12)3-8-16-11/h3,8,13-14H,2,4-7,9H2,1H3. The highest BCUT2D eigenvalue weighted by Gasteiger charge is 1.99. The van der Waals surface area contributed by atoms with E-state index in [2.05, 4.69) is 38.0 Å². The highest BCUT2D eigenvalue weighted by Crippen LogP contribution is 2.21. The second-order valence-corrected chi connectivity index (χ2v) is 5.32. The number of hydrogen-bond acceptors (Lipinski definition) is 4. The van der Waals surface area contributed by atoms with Crippen molar-refractivity contribution in [3.63, 3.8) is 0 Å². The minimum atomic E-state index is 0.787. The van der Waals surface area contributed by atoms with Crippen LogP contribution in [-0.2, 0) is 11.3 Å². The average molecular weight is 307 g/mol. The van der Waals surface area contributed by atoms with Gasteiger partial charge in [0.15, 0.2) is 0 Å². The molecule has 0 radical (unpaired) electrons. The Morgan fingerprint density at radius 1 is 1.31 bits per heavy atom. The number of hydrogen-bond donors (Lipinski definition) is 2. The predicted molar refractivity (Wildman–Crippen MR) is 73.1 cm³/mol. The fourth-order valence-corrected chi connectivity index (χ4v) is 2.75. The Balaban J connectivity index is 1.91. The molecule has 3 nitrogen and oxygen atoms in total. The fraction of sp³-hybridized carbons (Fsp3) is 0.636. The summed E-state index contributed by atoms with van der Waals surface area (Å²) in [4.78, 5) is 1.37. The van der Waals surface area contributed by atoms with Crippen LogP contribution in [-0.4, -0.2) is 33.4 Å². The Bertz CT molecular complexity index is 281. The summed E-state index contributed by atoms with van der Waals surface area (Å²) in [5.74, 6) is 0. The molecule has 0 aliphatic rings. The molecule has 16 heavy (non-hydrogen) atoms. The molecular weight excluding hydrogens is 288 g/mol. The van der Waals surface area contributed by atoms with E-state index in [4.69, 9.17) is 4.74 Å². The highest BCUT2D eigenvalue weighted by atomic mass is 79.9. The number of ether oxygens (including phenoxy) is 1. The van der Waals surface area contributed by atoms with Gasteiger partial charge >= 0.3 is 0 Å². The van der Waals surface area contributed by atoms with Crippen LogP contribution < -0.4 is 10.6 Å². The normalized spacial score (nSPS) is 10.9. The molecule has 5 heteroatoms. The van der Waals surface area contributed by atoms with E-state index in [9.17, 15) is 0 Å². The SMILES string of the molecule is COCCNCCCNCc1sccc1Br. The van der Waals surface area contributed by atoms with Crippen LogP contribution in [0.3, 0.4) is 0 Å². The van der Waals surface area contributed by atoms with E-state index >= 15 is 0 Å². The van der Waals surface area contributed by atoms with E-state index < -0.39 is 0 Å². The quantitative estimate of drug-likeness (QED) is 0.686. The first-order valence-corrected chi connectivity index (χ1v) is 7.14. The van der Waals surface area contributed by atoms with Crippen molar-refractivity contribution in [2.24, 2.45) is 0 Å². The first-order valence-electron chi connectivity index (χ1n) is 5.47. The van der Waals surface area contributed by atoms with E-state index in [1.165, 1.54) is 9.35 Å². The van der Waals surface area contributed by atoms with Gasteiger partial charge in [0.1, 0.15) is 0 Å². The van der Waals surface area contributed by atoms with Gasteiger partial charge in [0.2, 0.25) is 0 Å². The zero-order valence-corrected chi connectivity index (χ0v) is 12.0. The molecule has 0 aliphatic carbocycles. The Morgan fingerprint density at radius 3 is 2.81 bits per heavy atom. The van der Waals surface area contributed by atoms with Crippen molar-refractivity contribution in [3.05, 3.63) is 20.8 Å². The lowest BCUT2D eigenvalue weighted by Crippen LogP contribution is -2.24. The van der Waals surface area contributed by atoms with Gasteiger partial charge < -0.3 is 15.4 Å². The van der Waals surface area contributed by atoms with Crippen LogP contribution in [0.2, 0.25) is 0 Å². The Hall–Kier alpha value is 0.0600. The summed E-state index contributed by atoms with van der Waals surface area (Å²) in [5, 5.41) is 8.85. The maximum Gasteiger partial charge on any atom is 0.0587 e. The molecule has 0 unspecified atom stereocenters. The van der Waals surface area contributed by atoms with Crippen LogP contribution in [0.4, 0.5) is 0 Å². The first-order chi connectivity index (χ1) is 7.84. The number of rotatable bonds is 9. The molecule has 1 aromatic rings. The fourth-order valence-electron chi connectivity index (χ4n) is 1.29. The Labute approximate surface area is 110 Å². The van der Waals surface area contributed by atoms with Crippen LogP contribution in [0.25, 0.3) is 0 Å². The Morgan fingerprint density at radius 2 is 2.12 bits per heavy atom. The highest BCUT2D eigenvalue weighted by molar-refractivity contribution is 9.10. The number of methoxy groups -OCH3 is 1. The van der Waals surface area contributed by atoms with E-state index in [1.54, 1.807) is 18.4 Å². The maximum atomic E-state index is 4.95. The molecule has 0 saturated carbocycles. The molecule has 0 atom stereocenters. The molecule has 1 aromatic heterocycles. The second-order valence-electron chi connectivity index (χ2n) is 3.46. The van der Waals surface area contributed by atoms with Crippen molar-refractivity contribution in [2.45, 2.75) is 13.0 Å². The average Bonchev–Trinajstić information content (AvgIpc) is 2.68. The van der Waals surface area contributed by atoms with Gasteiger partial charge in [-0.2, -0.15) is 0 Å². The maximum absolute atomic E-state index is 4.95. The van der Waals surface area contributed by atoms with Gasteiger partial charge in [0.05, 0.1) is 6.61 Å². The van der Waals surface area contributed by atoms with Gasteiger partial charge in [0.25, 0.3) is 0 Å². The van der Waals surface area contributed by atoms with Crippen LogP contribution in [0, 0.1) is 0 Å². The summed E-state index contributed by atoms with van der Waals surface area (Å²) in [5.41, 5.74) is 0. The number of nitrogens with one attached hydrogen (secondary N) is 2. The van der Waals surface area contributed by atoms with Gasteiger partial charge in [-0.25, -0.2) is 0 Å². The van der Waals surface area contributed by atoms with Gasteiger partial charge in [-0.3, -0.25) is 0 Å². The lowest BCUT2D eigenvalue weighted by atomic mass is 10.4. The summed E-state index contributed by atoms with van der Waals surface area (Å²) in [6, 6.07) is 2.09. The number of halogens is 1. The smallest absolute Gasteiger partial charge is 0.0587 e. The number of thiophene rings is 1. The van der Waals surface area contributed by atoms with Crippen LogP contribution >= 0.6 is 27.3 Å². The monoisotopic (exact) mass is 306 g/mol. The first kappa shape index (κ1) is 14.1. The molecule has 0 saturated heterocycles. The molecule has 1 rings (SSSR count). The topological polar surface area (TPSA) is 33.3 Å². The zero-order chi connectivity index (χ0) is 11.6. The van der Waals surface area contributed by atoms with Crippen molar-refractivity contribution in [1.82, 2.24) is 10.6 Å². The molecule has 0 fully saturated rings. The molecule has 0 bridgehead atoms. The molecule has 0 spiro atoms. The summed E-state index contributed by atoms with van der Waals surface area (Å²) in [7, 11) is 1.72. The summed E-state index contributed by atoms with van der Waals surface area (Å²) >= 11 is 5.30. The molecule has 2 N–H and O–H groups in total. The molecule has 0 aliphatic heterocycles. The van der Waals surface area contributed by atoms with Crippen LogP contribution in [0.1, 0.15) is 11.3 Å². The van der Waals surface area contributed by atoms with Gasteiger partial charge in [-0.05, 0) is 46.9 Å². The van der Waals surface area contributed by atoms with Gasteiger partial charge in [-0.1, -0.05) is 0 Å². The second kappa shape index (κ2) is 9.13. The van der Waals surface area contributed by atoms with E-state index in [1.807, 2.05) is 0 Å². The summed E-state index contributed by atoms with van der Waals surface area (Å²) in [6.45, 7) is 4.77. The van der Waals surface area contributed by atoms with Crippen molar-refractivity contribution < 1.29 is 4.74 Å². The van der Waals surface area contributed by atoms with Crippen molar-refractivity contribution in [3.8, 4) is 0 Å². The largest absolute Gasteiger partial charge is 0.383 e. The lowest BCUT2D eigenvalue weighted by molar-refractivity contribution is 0.199. The Kier molecular flexibility index (Phi) is 8.06. The molecule has 92 valence electrons. The van der Waals surface area contributed by atoms with Crippen molar-refractivity contribution in [1.29, 1.82) is 0 Å². The van der Waals surface area contributed by atoms with Crippen molar-refractivity contribution >= 4 is 27.3 Å². The molecule has 0 aromatic carbocycles. The third-order valence-corrected chi connectivity index (χ3v) is 4.09. The van der Waals surface area contributed by atoms with Crippen molar-refractivity contribution in [2.75, 3.05) is 33.4 Å². The zero-order valence-electron chi connectivity index (χ0n) is 9.59. The lowest BCUT2D eigenvalue weighted by Gasteiger charge is -2.05. The van der Waals surface area contributed by atoms with Gasteiger partial charge in [0, 0.05) is 29.5 Å². The van der Waals surface area contributed by atoms with Gasteiger partial charge in [-0.15, -0.1) is 11.3 Å².